The highest BCUT2D eigenvalue weighted by molar-refractivity contribution is 5.81. The van der Waals surface area contributed by atoms with Crippen LogP contribution in [-0.2, 0) is 4.79 Å². The molecular formula is C10H10N2O3. The second kappa shape index (κ2) is 3.27. The lowest BCUT2D eigenvalue weighted by Crippen LogP contribution is -2.29. The number of benzene rings is 1. The van der Waals surface area contributed by atoms with Crippen LogP contribution in [0, 0.1) is 0 Å². The summed E-state index contributed by atoms with van der Waals surface area (Å²) in [5.74, 6) is -1.13. The van der Waals surface area contributed by atoms with Crippen LogP contribution in [-0.4, -0.2) is 10.5 Å². The maximum atomic E-state index is 11.5. The first-order valence-corrected chi connectivity index (χ1v) is 4.50. The lowest BCUT2D eigenvalue weighted by atomic mass is 10.3. The monoisotopic (exact) mass is 206 g/mol. The Morgan fingerprint density at radius 3 is 2.80 bits per heavy atom. The fourth-order valence-corrected chi connectivity index (χ4v) is 1.48. The Labute approximate surface area is 85.1 Å². The van der Waals surface area contributed by atoms with Gasteiger partial charge in [0.15, 0.2) is 5.58 Å². The quantitative estimate of drug-likeness (QED) is 0.783. The number of nitrogens with two attached hydrogens (primary N) is 1. The van der Waals surface area contributed by atoms with Crippen molar-refractivity contribution in [3.8, 4) is 0 Å². The van der Waals surface area contributed by atoms with Gasteiger partial charge in [0.2, 0.25) is 5.91 Å². The number of aromatic nitrogens is 1. The zero-order valence-corrected chi connectivity index (χ0v) is 8.14. The van der Waals surface area contributed by atoms with Crippen LogP contribution in [0.15, 0.2) is 33.5 Å². The number of hydrogen-bond donors (Lipinski definition) is 1. The minimum atomic E-state index is -0.707. The molecule has 1 atom stereocenters. The average Bonchev–Trinajstić information content (AvgIpc) is 2.52. The van der Waals surface area contributed by atoms with Gasteiger partial charge in [0, 0.05) is 0 Å². The topological polar surface area (TPSA) is 78.2 Å². The van der Waals surface area contributed by atoms with E-state index in [1.165, 1.54) is 4.57 Å². The largest absolute Gasteiger partial charge is 0.420 e. The van der Waals surface area contributed by atoms with E-state index in [2.05, 4.69) is 0 Å². The van der Waals surface area contributed by atoms with Gasteiger partial charge in [-0.1, -0.05) is 12.1 Å². The Balaban J connectivity index is 2.74. The van der Waals surface area contributed by atoms with E-state index >= 15 is 0 Å². The molecule has 0 spiro atoms. The summed E-state index contributed by atoms with van der Waals surface area (Å²) in [6.45, 7) is 1.56. The molecule has 0 saturated carbocycles. The molecule has 5 heteroatoms. The van der Waals surface area contributed by atoms with Crippen molar-refractivity contribution in [3.63, 3.8) is 0 Å². The molecule has 0 saturated heterocycles. The van der Waals surface area contributed by atoms with E-state index in [1.54, 1.807) is 31.2 Å². The number of amides is 1. The van der Waals surface area contributed by atoms with E-state index in [-0.39, 0.29) is 0 Å². The molecule has 0 fully saturated rings. The van der Waals surface area contributed by atoms with Crippen LogP contribution < -0.4 is 11.5 Å². The number of hydrogen-bond acceptors (Lipinski definition) is 3. The van der Waals surface area contributed by atoms with Crippen molar-refractivity contribution >= 4 is 17.0 Å². The summed E-state index contributed by atoms with van der Waals surface area (Å²) >= 11 is 0. The molecule has 0 aliphatic heterocycles. The number of fused-ring (bicyclic) bond motifs is 1. The molecular weight excluding hydrogens is 196 g/mol. The van der Waals surface area contributed by atoms with Crippen LogP contribution in [0.25, 0.3) is 11.1 Å². The van der Waals surface area contributed by atoms with Gasteiger partial charge >= 0.3 is 5.76 Å². The van der Waals surface area contributed by atoms with Crippen LogP contribution in [0.5, 0.6) is 0 Å². The summed E-state index contributed by atoms with van der Waals surface area (Å²) in [5, 5.41) is 0. The van der Waals surface area contributed by atoms with Gasteiger partial charge < -0.3 is 10.2 Å². The average molecular weight is 206 g/mol. The second-order valence-corrected chi connectivity index (χ2v) is 3.28. The van der Waals surface area contributed by atoms with Crippen LogP contribution in [0.4, 0.5) is 0 Å². The van der Waals surface area contributed by atoms with Crippen molar-refractivity contribution < 1.29 is 9.21 Å². The molecule has 1 heterocycles. The number of primary amides is 1. The smallest absolute Gasteiger partial charge is 0.408 e. The number of nitrogens with zero attached hydrogens (tertiary/aromatic N) is 1. The van der Waals surface area contributed by atoms with Crippen molar-refractivity contribution in [1.82, 2.24) is 4.57 Å². The van der Waals surface area contributed by atoms with Crippen LogP contribution in [0.2, 0.25) is 0 Å². The zero-order chi connectivity index (χ0) is 11.0. The van der Waals surface area contributed by atoms with Gasteiger partial charge in [-0.05, 0) is 19.1 Å². The summed E-state index contributed by atoms with van der Waals surface area (Å²) in [6, 6.07) is 6.19. The maximum absolute atomic E-state index is 11.5. The summed E-state index contributed by atoms with van der Waals surface area (Å²) in [4.78, 5) is 22.5. The standard InChI is InChI=1S/C10H10N2O3/c1-6(9(11)13)12-7-4-2-3-5-8(7)15-10(12)14/h2-6H,1H3,(H2,11,13). The van der Waals surface area contributed by atoms with Gasteiger partial charge in [0.25, 0.3) is 0 Å². The Morgan fingerprint density at radius 1 is 1.47 bits per heavy atom. The van der Waals surface area contributed by atoms with Gasteiger partial charge in [-0.25, -0.2) is 4.79 Å². The molecule has 1 aromatic heterocycles. The van der Waals surface area contributed by atoms with Crippen LogP contribution in [0.1, 0.15) is 13.0 Å². The van der Waals surface area contributed by atoms with E-state index in [0.29, 0.717) is 11.1 Å². The highest BCUT2D eigenvalue weighted by Gasteiger charge is 2.18. The van der Waals surface area contributed by atoms with Crippen molar-refractivity contribution in [3.05, 3.63) is 34.8 Å². The molecule has 1 aromatic carbocycles. The molecule has 0 bridgehead atoms. The van der Waals surface area contributed by atoms with E-state index in [4.69, 9.17) is 10.2 Å². The Morgan fingerprint density at radius 2 is 2.13 bits per heavy atom. The lowest BCUT2D eigenvalue weighted by molar-refractivity contribution is -0.120. The van der Waals surface area contributed by atoms with Gasteiger partial charge in [-0.3, -0.25) is 9.36 Å². The highest BCUT2D eigenvalue weighted by Crippen LogP contribution is 2.15. The molecule has 2 N–H and O–H groups in total. The van der Waals surface area contributed by atoms with E-state index in [1.807, 2.05) is 0 Å². The summed E-state index contributed by atoms with van der Waals surface area (Å²) in [7, 11) is 0. The minimum absolute atomic E-state index is 0.454. The van der Waals surface area contributed by atoms with Crippen molar-refractivity contribution in [2.75, 3.05) is 0 Å². The molecule has 2 aromatic rings. The van der Waals surface area contributed by atoms with Crippen molar-refractivity contribution in [2.45, 2.75) is 13.0 Å². The molecule has 1 unspecified atom stereocenters. The molecule has 0 aliphatic rings. The first-order valence-electron chi connectivity index (χ1n) is 4.50. The Bertz CT molecular complexity index is 567. The van der Waals surface area contributed by atoms with E-state index in [9.17, 15) is 9.59 Å². The van der Waals surface area contributed by atoms with Gasteiger partial charge in [-0.2, -0.15) is 0 Å². The summed E-state index contributed by atoms with van der Waals surface area (Å²) < 4.78 is 6.22. The van der Waals surface area contributed by atoms with Crippen molar-refractivity contribution in [2.24, 2.45) is 5.73 Å². The zero-order valence-electron chi connectivity index (χ0n) is 8.14. The van der Waals surface area contributed by atoms with E-state index in [0.717, 1.165) is 0 Å². The highest BCUT2D eigenvalue weighted by atomic mass is 16.4. The lowest BCUT2D eigenvalue weighted by Gasteiger charge is -2.07. The molecule has 15 heavy (non-hydrogen) atoms. The van der Waals surface area contributed by atoms with Gasteiger partial charge in [0.05, 0.1) is 5.52 Å². The summed E-state index contributed by atoms with van der Waals surface area (Å²) in [6.07, 6.45) is 0. The minimum Gasteiger partial charge on any atom is -0.408 e. The maximum Gasteiger partial charge on any atom is 0.420 e. The number of carbonyl (C=O) groups is 1. The number of rotatable bonds is 2. The third-order valence-corrected chi connectivity index (χ3v) is 2.32. The molecule has 2 rings (SSSR count). The first kappa shape index (κ1) is 9.51. The second-order valence-electron chi connectivity index (χ2n) is 3.28. The fourth-order valence-electron chi connectivity index (χ4n) is 1.48. The Kier molecular flexibility index (Phi) is 2.07. The number of carbonyl (C=O) groups excluding carboxylic acids is 1. The third kappa shape index (κ3) is 1.41. The van der Waals surface area contributed by atoms with Crippen molar-refractivity contribution in [1.29, 1.82) is 0 Å². The molecule has 0 aliphatic carbocycles. The van der Waals surface area contributed by atoms with E-state index < -0.39 is 17.7 Å². The van der Waals surface area contributed by atoms with Gasteiger partial charge in [-0.15, -0.1) is 0 Å². The normalized spacial score (nSPS) is 12.9. The third-order valence-electron chi connectivity index (χ3n) is 2.32. The summed E-state index contributed by atoms with van der Waals surface area (Å²) in [5.41, 5.74) is 6.18. The first-order chi connectivity index (χ1) is 7.11. The Hall–Kier alpha value is -2.04. The molecule has 1 amide bonds. The number of para-hydroxylation sites is 2. The SMILES string of the molecule is CC(C(N)=O)n1c(=O)oc2ccccc21. The van der Waals surface area contributed by atoms with Gasteiger partial charge in [0.1, 0.15) is 6.04 Å². The molecule has 78 valence electrons. The van der Waals surface area contributed by atoms with Crippen LogP contribution >= 0.6 is 0 Å². The fraction of sp³-hybridized carbons (Fsp3) is 0.200. The molecule has 0 radical (unpaired) electrons. The van der Waals surface area contributed by atoms with Crippen LogP contribution in [0.3, 0.4) is 0 Å². The number of oxazole rings is 1. The molecule has 5 nitrogen and oxygen atoms in total. The predicted octanol–water partition coefficient (Wildman–Crippen LogP) is 0.641. The predicted molar refractivity (Wildman–Crippen MR) is 54.4 cm³/mol.